The number of hydrogen-bond acceptors (Lipinski definition) is 2. The maximum Gasteiger partial charge on any atom is 0.217 e. The summed E-state index contributed by atoms with van der Waals surface area (Å²) in [4.78, 5) is 11.2. The van der Waals surface area contributed by atoms with E-state index >= 15 is 0 Å². The summed E-state index contributed by atoms with van der Waals surface area (Å²) in [6.45, 7) is 8.89. The second-order valence-corrected chi connectivity index (χ2v) is 8.64. The zero-order valence-corrected chi connectivity index (χ0v) is 19.6. The second-order valence-electron chi connectivity index (χ2n) is 8.64. The molecule has 1 amide bonds. The lowest BCUT2D eigenvalue weighted by atomic mass is 10.1. The summed E-state index contributed by atoms with van der Waals surface area (Å²) in [5, 5.41) is 6.50. The van der Waals surface area contributed by atoms with Gasteiger partial charge in [0, 0.05) is 13.3 Å². The highest BCUT2D eigenvalue weighted by atomic mass is 16.1. The van der Waals surface area contributed by atoms with E-state index in [1.807, 2.05) is 0 Å². The standard InChI is InChI=1S/C25H47N3O/c1-4-6-7-8-9-10-11-12-13-14-15-16-17-18-19-25-27-21-23-28(25,5-2)22-20-26-24(3)29/h13-14,21,23,25,27H,4-12,15-20,22H2,1-3H3/p+1/b14-13+. The van der Waals surface area contributed by atoms with Crippen LogP contribution in [-0.4, -0.2) is 36.2 Å². The normalized spacial score (nSPS) is 21.0. The van der Waals surface area contributed by atoms with E-state index < -0.39 is 0 Å². The van der Waals surface area contributed by atoms with Crippen molar-refractivity contribution in [2.24, 2.45) is 0 Å². The van der Waals surface area contributed by atoms with Gasteiger partial charge in [0.05, 0.1) is 19.3 Å². The number of carbonyl (C=O) groups is 1. The van der Waals surface area contributed by atoms with Crippen molar-refractivity contribution in [3.05, 3.63) is 24.6 Å². The molecule has 0 spiro atoms. The Morgan fingerprint density at radius 1 is 0.966 bits per heavy atom. The van der Waals surface area contributed by atoms with Crippen LogP contribution < -0.4 is 10.6 Å². The molecular formula is C25H48N3O+. The van der Waals surface area contributed by atoms with Crippen molar-refractivity contribution in [2.45, 2.75) is 110 Å². The topological polar surface area (TPSA) is 41.1 Å². The lowest BCUT2D eigenvalue weighted by Crippen LogP contribution is -2.55. The van der Waals surface area contributed by atoms with Crippen molar-refractivity contribution in [3.8, 4) is 0 Å². The van der Waals surface area contributed by atoms with Gasteiger partial charge in [-0.1, -0.05) is 64.0 Å². The Bertz CT molecular complexity index is 475. The number of nitrogens with zero attached hydrogens (tertiary/aromatic N) is 1. The summed E-state index contributed by atoms with van der Waals surface area (Å²) in [6, 6.07) is 0. The molecule has 0 saturated carbocycles. The van der Waals surface area contributed by atoms with Crippen molar-refractivity contribution in [1.29, 1.82) is 0 Å². The molecule has 1 aliphatic heterocycles. The van der Waals surface area contributed by atoms with Crippen LogP contribution in [-0.2, 0) is 4.79 Å². The first-order chi connectivity index (χ1) is 14.1. The maximum absolute atomic E-state index is 11.2. The predicted octanol–water partition coefficient (Wildman–Crippen LogP) is 6.01. The molecule has 0 saturated heterocycles. The van der Waals surface area contributed by atoms with E-state index in [1.165, 1.54) is 83.5 Å². The molecule has 0 radical (unpaired) electrons. The molecule has 29 heavy (non-hydrogen) atoms. The second kappa shape index (κ2) is 16.5. The molecule has 0 aromatic rings. The lowest BCUT2D eigenvalue weighted by Gasteiger charge is -2.37. The SMILES string of the molecule is CCCCCCCCC/C=C/CCCCCC1NC=C[N+]1(CC)CCNC(C)=O. The number of likely N-dealkylation sites (N-methyl/N-ethyl adjacent to an activating group) is 1. The minimum Gasteiger partial charge on any atom is -0.351 e. The summed E-state index contributed by atoms with van der Waals surface area (Å²) in [5.74, 6) is 0.0620. The molecule has 2 N–H and O–H groups in total. The quantitative estimate of drug-likeness (QED) is 0.166. The monoisotopic (exact) mass is 406 g/mol. The Balaban J connectivity index is 2.05. The van der Waals surface area contributed by atoms with E-state index in [-0.39, 0.29) is 5.91 Å². The molecule has 1 heterocycles. The van der Waals surface area contributed by atoms with Crippen LogP contribution in [0.15, 0.2) is 24.6 Å². The largest absolute Gasteiger partial charge is 0.351 e. The third-order valence-corrected chi connectivity index (χ3v) is 6.26. The zero-order chi connectivity index (χ0) is 21.2. The first-order valence-electron chi connectivity index (χ1n) is 12.3. The number of unbranched alkanes of at least 4 members (excludes halogenated alkanes) is 10. The van der Waals surface area contributed by atoms with Crippen molar-refractivity contribution < 1.29 is 9.28 Å². The summed E-state index contributed by atoms with van der Waals surface area (Å²) >= 11 is 0. The van der Waals surface area contributed by atoms with Crippen LogP contribution in [0.1, 0.15) is 104 Å². The van der Waals surface area contributed by atoms with E-state index in [0.29, 0.717) is 6.17 Å². The number of nitrogens with one attached hydrogen (secondary N) is 2. The molecule has 1 aliphatic rings. The molecule has 2 unspecified atom stereocenters. The van der Waals surface area contributed by atoms with Crippen LogP contribution >= 0.6 is 0 Å². The Kier molecular flexibility index (Phi) is 14.6. The molecule has 4 heteroatoms. The fourth-order valence-electron chi connectivity index (χ4n) is 4.28. The average Bonchev–Trinajstić information content (AvgIpc) is 3.11. The smallest absolute Gasteiger partial charge is 0.217 e. The van der Waals surface area contributed by atoms with Crippen LogP contribution in [0, 0.1) is 0 Å². The van der Waals surface area contributed by atoms with Gasteiger partial charge in [0.15, 0.2) is 6.17 Å². The molecular weight excluding hydrogens is 358 g/mol. The van der Waals surface area contributed by atoms with Crippen LogP contribution in [0.2, 0.25) is 0 Å². The summed E-state index contributed by atoms with van der Waals surface area (Å²) in [5.41, 5.74) is 0. The highest BCUT2D eigenvalue weighted by molar-refractivity contribution is 5.72. The molecule has 2 atom stereocenters. The summed E-state index contributed by atoms with van der Waals surface area (Å²) in [7, 11) is 0. The van der Waals surface area contributed by atoms with Crippen molar-refractivity contribution in [1.82, 2.24) is 10.6 Å². The minimum atomic E-state index is 0.0620. The van der Waals surface area contributed by atoms with Gasteiger partial charge < -0.3 is 10.6 Å². The minimum absolute atomic E-state index is 0.0620. The van der Waals surface area contributed by atoms with E-state index in [9.17, 15) is 4.79 Å². The first kappa shape index (κ1) is 25.7. The Labute approximate surface area is 180 Å². The van der Waals surface area contributed by atoms with Gasteiger partial charge in [-0.15, -0.1) is 0 Å². The summed E-state index contributed by atoms with van der Waals surface area (Å²) < 4.78 is 0.943. The summed E-state index contributed by atoms with van der Waals surface area (Å²) in [6.07, 6.45) is 27.0. The Hall–Kier alpha value is -1.29. The Morgan fingerprint density at radius 3 is 2.21 bits per heavy atom. The third-order valence-electron chi connectivity index (χ3n) is 6.26. The van der Waals surface area contributed by atoms with Gasteiger partial charge in [0.1, 0.15) is 12.7 Å². The fourth-order valence-corrected chi connectivity index (χ4v) is 4.28. The lowest BCUT2D eigenvalue weighted by molar-refractivity contribution is -0.898. The van der Waals surface area contributed by atoms with Crippen LogP contribution in [0.25, 0.3) is 0 Å². The maximum atomic E-state index is 11.2. The van der Waals surface area contributed by atoms with Crippen LogP contribution in [0.5, 0.6) is 0 Å². The van der Waals surface area contributed by atoms with Gasteiger partial charge >= 0.3 is 0 Å². The van der Waals surface area contributed by atoms with E-state index in [1.54, 1.807) is 6.92 Å². The van der Waals surface area contributed by atoms with E-state index in [4.69, 9.17) is 0 Å². The first-order valence-corrected chi connectivity index (χ1v) is 12.3. The molecule has 0 aromatic heterocycles. The highest BCUT2D eigenvalue weighted by Crippen LogP contribution is 2.22. The number of amides is 1. The average molecular weight is 407 g/mol. The molecule has 4 nitrogen and oxygen atoms in total. The van der Waals surface area contributed by atoms with Crippen LogP contribution in [0.3, 0.4) is 0 Å². The number of carbonyl (C=O) groups excluding carboxylic acids is 1. The Morgan fingerprint density at radius 2 is 1.59 bits per heavy atom. The number of hydrogen-bond donors (Lipinski definition) is 2. The number of allylic oxidation sites excluding steroid dienone is 2. The number of rotatable bonds is 18. The van der Waals surface area contributed by atoms with Crippen LogP contribution in [0.4, 0.5) is 0 Å². The zero-order valence-electron chi connectivity index (χ0n) is 19.6. The molecule has 0 bridgehead atoms. The molecule has 168 valence electrons. The fraction of sp³-hybridized carbons (Fsp3) is 0.800. The van der Waals surface area contributed by atoms with Gasteiger partial charge in [-0.25, -0.2) is 0 Å². The van der Waals surface area contributed by atoms with E-state index in [2.05, 4.69) is 49.0 Å². The molecule has 0 fully saturated rings. The molecule has 0 aliphatic carbocycles. The van der Waals surface area contributed by atoms with E-state index in [0.717, 1.165) is 24.1 Å². The third kappa shape index (κ3) is 11.5. The van der Waals surface area contributed by atoms with Crippen molar-refractivity contribution in [2.75, 3.05) is 19.6 Å². The molecule has 1 rings (SSSR count). The van der Waals surface area contributed by atoms with Gasteiger partial charge in [-0.3, -0.25) is 9.28 Å². The van der Waals surface area contributed by atoms with Gasteiger partial charge in [-0.05, 0) is 39.0 Å². The predicted molar refractivity (Wildman–Crippen MR) is 125 cm³/mol. The molecule has 0 aromatic carbocycles. The van der Waals surface area contributed by atoms with Gasteiger partial charge in [0.2, 0.25) is 5.91 Å². The van der Waals surface area contributed by atoms with Gasteiger partial charge in [0.25, 0.3) is 0 Å². The van der Waals surface area contributed by atoms with Gasteiger partial charge in [-0.2, -0.15) is 0 Å². The van der Waals surface area contributed by atoms with Crippen molar-refractivity contribution in [3.63, 3.8) is 0 Å². The van der Waals surface area contributed by atoms with Crippen molar-refractivity contribution >= 4 is 5.91 Å². The number of quaternary nitrogens is 1. The highest BCUT2D eigenvalue weighted by Gasteiger charge is 2.36.